The minimum atomic E-state index is -2.81. The molecular formula is C15H21NO3S. The van der Waals surface area contributed by atoms with Gasteiger partial charge in [-0.25, -0.2) is 8.42 Å². The summed E-state index contributed by atoms with van der Waals surface area (Å²) in [5.74, 6) is 1.87. The lowest BCUT2D eigenvalue weighted by molar-refractivity contribution is 0.230. The van der Waals surface area contributed by atoms with Crippen LogP contribution in [0.3, 0.4) is 0 Å². The molecule has 20 heavy (non-hydrogen) atoms. The van der Waals surface area contributed by atoms with E-state index in [4.69, 9.17) is 4.74 Å². The molecular weight excluding hydrogens is 274 g/mol. The van der Waals surface area contributed by atoms with E-state index in [0.717, 1.165) is 31.2 Å². The summed E-state index contributed by atoms with van der Waals surface area (Å²) >= 11 is 0. The van der Waals surface area contributed by atoms with Crippen LogP contribution in [0.4, 0.5) is 0 Å². The van der Waals surface area contributed by atoms with Crippen molar-refractivity contribution in [2.24, 2.45) is 5.92 Å². The summed E-state index contributed by atoms with van der Waals surface area (Å²) in [4.78, 5) is 0. The van der Waals surface area contributed by atoms with Crippen molar-refractivity contribution in [3.8, 4) is 5.75 Å². The third kappa shape index (κ3) is 3.52. The molecule has 2 aliphatic heterocycles. The molecule has 4 nitrogen and oxygen atoms in total. The van der Waals surface area contributed by atoms with Crippen molar-refractivity contribution in [3.63, 3.8) is 0 Å². The Morgan fingerprint density at radius 1 is 1.10 bits per heavy atom. The smallest absolute Gasteiger partial charge is 0.157 e. The van der Waals surface area contributed by atoms with Crippen molar-refractivity contribution in [1.82, 2.24) is 5.32 Å². The molecule has 0 radical (unpaired) electrons. The first-order valence-corrected chi connectivity index (χ1v) is 9.10. The van der Waals surface area contributed by atoms with E-state index in [-0.39, 0.29) is 17.6 Å². The van der Waals surface area contributed by atoms with Gasteiger partial charge in [0.05, 0.1) is 11.5 Å². The predicted molar refractivity (Wildman–Crippen MR) is 78.8 cm³/mol. The molecule has 110 valence electrons. The van der Waals surface area contributed by atoms with Crippen molar-refractivity contribution < 1.29 is 13.2 Å². The lowest BCUT2D eigenvalue weighted by atomic mass is 9.91. The molecule has 0 atom stereocenters. The topological polar surface area (TPSA) is 55.4 Å². The largest absolute Gasteiger partial charge is 0.488 e. The normalized spacial score (nSPS) is 23.2. The van der Waals surface area contributed by atoms with E-state index in [2.05, 4.69) is 17.4 Å². The number of nitrogens with one attached hydrogen (secondary N) is 1. The Morgan fingerprint density at radius 3 is 2.35 bits per heavy atom. The van der Waals surface area contributed by atoms with Crippen molar-refractivity contribution in [2.75, 3.05) is 24.6 Å². The van der Waals surface area contributed by atoms with Crippen LogP contribution in [-0.4, -0.2) is 39.1 Å². The van der Waals surface area contributed by atoms with Crippen molar-refractivity contribution in [2.45, 2.75) is 25.4 Å². The third-order valence-electron chi connectivity index (χ3n) is 4.09. The Balaban J connectivity index is 1.52. The van der Waals surface area contributed by atoms with Crippen LogP contribution in [0.15, 0.2) is 24.3 Å². The van der Waals surface area contributed by atoms with Gasteiger partial charge in [-0.15, -0.1) is 0 Å². The average molecular weight is 295 g/mol. The summed E-state index contributed by atoms with van der Waals surface area (Å²) in [5.41, 5.74) is 1.34. The van der Waals surface area contributed by atoms with Gasteiger partial charge < -0.3 is 10.1 Å². The summed E-state index contributed by atoms with van der Waals surface area (Å²) in [5, 5.41) is 3.38. The van der Waals surface area contributed by atoms with Crippen molar-refractivity contribution >= 4 is 9.84 Å². The minimum Gasteiger partial charge on any atom is -0.488 e. The second-order valence-electron chi connectivity index (χ2n) is 5.86. The number of hydrogen-bond acceptors (Lipinski definition) is 4. The molecule has 2 aliphatic rings. The van der Waals surface area contributed by atoms with Gasteiger partial charge in [0.25, 0.3) is 0 Å². The van der Waals surface area contributed by atoms with Gasteiger partial charge in [-0.1, -0.05) is 12.1 Å². The zero-order valence-corrected chi connectivity index (χ0v) is 12.4. The predicted octanol–water partition coefficient (Wildman–Crippen LogP) is 1.40. The Labute approximate surface area is 120 Å². The quantitative estimate of drug-likeness (QED) is 0.912. The molecule has 0 bridgehead atoms. The monoisotopic (exact) mass is 295 g/mol. The van der Waals surface area contributed by atoms with E-state index in [9.17, 15) is 8.42 Å². The second kappa shape index (κ2) is 5.74. The third-order valence-corrected chi connectivity index (χ3v) is 5.85. The van der Waals surface area contributed by atoms with Crippen molar-refractivity contribution in [3.05, 3.63) is 29.8 Å². The number of piperidine rings is 1. The Hall–Kier alpha value is -1.07. The molecule has 0 amide bonds. The van der Waals surface area contributed by atoms with Gasteiger partial charge in [0, 0.05) is 0 Å². The molecule has 2 saturated heterocycles. The van der Waals surface area contributed by atoms with Crippen LogP contribution >= 0.6 is 0 Å². The van der Waals surface area contributed by atoms with E-state index in [1.54, 1.807) is 0 Å². The van der Waals surface area contributed by atoms with E-state index < -0.39 is 9.84 Å². The van der Waals surface area contributed by atoms with E-state index in [0.29, 0.717) is 0 Å². The number of benzene rings is 1. The fourth-order valence-corrected chi connectivity index (χ4v) is 4.07. The van der Waals surface area contributed by atoms with Crippen LogP contribution in [-0.2, 0) is 16.3 Å². The Bertz CT molecular complexity index is 535. The first kappa shape index (κ1) is 13.9. The highest BCUT2D eigenvalue weighted by molar-refractivity contribution is 7.92. The average Bonchev–Trinajstić information content (AvgIpc) is 2.40. The van der Waals surface area contributed by atoms with Gasteiger partial charge >= 0.3 is 0 Å². The van der Waals surface area contributed by atoms with Crippen molar-refractivity contribution in [1.29, 1.82) is 0 Å². The zero-order valence-electron chi connectivity index (χ0n) is 11.5. The minimum absolute atomic E-state index is 0.157. The van der Waals surface area contributed by atoms with Crippen LogP contribution in [0.2, 0.25) is 0 Å². The number of sulfone groups is 1. The van der Waals surface area contributed by atoms with Crippen LogP contribution in [0, 0.1) is 5.92 Å². The molecule has 1 aromatic carbocycles. The highest BCUT2D eigenvalue weighted by atomic mass is 32.2. The summed E-state index contributed by atoms with van der Waals surface area (Å²) < 4.78 is 27.8. The molecule has 0 aliphatic carbocycles. The maximum absolute atomic E-state index is 11.1. The van der Waals surface area contributed by atoms with Gasteiger partial charge in [-0.3, -0.25) is 0 Å². The molecule has 0 aromatic heterocycles. The molecule has 3 rings (SSSR count). The first-order chi connectivity index (χ1) is 9.61. The molecule has 0 spiro atoms. The van der Waals surface area contributed by atoms with E-state index in [1.165, 1.54) is 18.4 Å². The first-order valence-electron chi connectivity index (χ1n) is 7.27. The van der Waals surface area contributed by atoms with Gasteiger partial charge in [0.15, 0.2) is 9.84 Å². The summed E-state index contributed by atoms with van der Waals surface area (Å²) in [6.07, 6.45) is 3.46. The fourth-order valence-electron chi connectivity index (χ4n) is 2.90. The summed E-state index contributed by atoms with van der Waals surface area (Å²) in [7, 11) is -2.81. The highest BCUT2D eigenvalue weighted by Gasteiger charge is 2.35. The maximum Gasteiger partial charge on any atom is 0.157 e. The summed E-state index contributed by atoms with van der Waals surface area (Å²) in [6, 6.07) is 8.12. The summed E-state index contributed by atoms with van der Waals surface area (Å²) in [6.45, 7) is 2.25. The van der Waals surface area contributed by atoms with Crippen LogP contribution in [0.5, 0.6) is 5.75 Å². The highest BCUT2D eigenvalue weighted by Crippen LogP contribution is 2.22. The molecule has 0 saturated carbocycles. The SMILES string of the molecule is O=S1(=O)CC(Oc2ccc(CC3CCNCC3)cc2)C1. The number of ether oxygens (including phenoxy) is 1. The number of rotatable bonds is 4. The molecule has 0 unspecified atom stereocenters. The Kier molecular flexibility index (Phi) is 3.98. The van der Waals surface area contributed by atoms with Gasteiger partial charge in [-0.05, 0) is 56.0 Å². The van der Waals surface area contributed by atoms with Crippen LogP contribution in [0.25, 0.3) is 0 Å². The fraction of sp³-hybridized carbons (Fsp3) is 0.600. The van der Waals surface area contributed by atoms with E-state index >= 15 is 0 Å². The second-order valence-corrected chi connectivity index (χ2v) is 8.01. The van der Waals surface area contributed by atoms with Gasteiger partial charge in [-0.2, -0.15) is 0 Å². The lowest BCUT2D eigenvalue weighted by Gasteiger charge is -2.26. The molecule has 1 aromatic rings. The zero-order chi connectivity index (χ0) is 14.0. The van der Waals surface area contributed by atoms with Gasteiger partial charge in [0.1, 0.15) is 11.9 Å². The Morgan fingerprint density at radius 2 is 1.75 bits per heavy atom. The lowest BCUT2D eigenvalue weighted by Crippen LogP contribution is -2.45. The molecule has 5 heteroatoms. The van der Waals surface area contributed by atoms with Crippen LogP contribution < -0.4 is 10.1 Å². The van der Waals surface area contributed by atoms with Crippen LogP contribution in [0.1, 0.15) is 18.4 Å². The van der Waals surface area contributed by atoms with Gasteiger partial charge in [0.2, 0.25) is 0 Å². The molecule has 1 N–H and O–H groups in total. The molecule has 2 heterocycles. The maximum atomic E-state index is 11.1. The standard InChI is InChI=1S/C15H21NO3S/c17-20(18)10-15(11-20)19-14-3-1-12(2-4-14)9-13-5-7-16-8-6-13/h1-4,13,15-16H,5-11H2. The van der Waals surface area contributed by atoms with E-state index in [1.807, 2.05) is 12.1 Å². The molecule has 2 fully saturated rings. The number of hydrogen-bond donors (Lipinski definition) is 1.